The second-order valence-corrected chi connectivity index (χ2v) is 5.50. The van der Waals surface area contributed by atoms with Gasteiger partial charge in [-0.1, -0.05) is 28.1 Å². The van der Waals surface area contributed by atoms with Crippen LogP contribution in [0.25, 0.3) is 0 Å². The Kier molecular flexibility index (Phi) is 5.33. The Morgan fingerprint density at radius 2 is 2.05 bits per heavy atom. The van der Waals surface area contributed by atoms with Crippen LogP contribution in [0.15, 0.2) is 46.9 Å². The standard InChI is InChI=1S/C16H15BrFNO2/c17-15-6-5-13(18)9-12(15)10-21-16(20)7-4-11-2-1-3-14(19)8-11/h1-3,5-6,8-9H,4,7,10,19H2. The highest BCUT2D eigenvalue weighted by Gasteiger charge is 2.07. The lowest BCUT2D eigenvalue weighted by atomic mass is 10.1. The third-order valence-corrected chi connectivity index (χ3v) is 3.74. The van der Waals surface area contributed by atoms with Crippen molar-refractivity contribution in [2.24, 2.45) is 0 Å². The summed E-state index contributed by atoms with van der Waals surface area (Å²) in [4.78, 5) is 11.7. The molecule has 0 saturated heterocycles. The van der Waals surface area contributed by atoms with E-state index in [0.717, 1.165) is 5.56 Å². The number of halogens is 2. The van der Waals surface area contributed by atoms with Crippen molar-refractivity contribution in [1.29, 1.82) is 0 Å². The van der Waals surface area contributed by atoms with E-state index in [1.807, 2.05) is 18.2 Å². The summed E-state index contributed by atoms with van der Waals surface area (Å²) >= 11 is 3.29. The van der Waals surface area contributed by atoms with E-state index >= 15 is 0 Å². The lowest BCUT2D eigenvalue weighted by Crippen LogP contribution is -2.06. The van der Waals surface area contributed by atoms with Gasteiger partial charge in [0, 0.05) is 22.1 Å². The minimum Gasteiger partial charge on any atom is -0.461 e. The van der Waals surface area contributed by atoms with Crippen LogP contribution in [0.1, 0.15) is 17.5 Å². The average molecular weight is 352 g/mol. The number of anilines is 1. The third-order valence-electron chi connectivity index (χ3n) is 2.97. The van der Waals surface area contributed by atoms with E-state index in [1.165, 1.54) is 12.1 Å². The molecule has 0 unspecified atom stereocenters. The Hall–Kier alpha value is -1.88. The van der Waals surface area contributed by atoms with Crippen LogP contribution in [0.2, 0.25) is 0 Å². The molecule has 0 atom stereocenters. The van der Waals surface area contributed by atoms with Gasteiger partial charge in [-0.15, -0.1) is 0 Å². The minimum atomic E-state index is -0.357. The normalized spacial score (nSPS) is 10.4. The first-order valence-electron chi connectivity index (χ1n) is 6.48. The van der Waals surface area contributed by atoms with Gasteiger partial charge in [0.2, 0.25) is 0 Å². The Labute approximate surface area is 131 Å². The average Bonchev–Trinajstić information content (AvgIpc) is 2.46. The molecule has 0 saturated carbocycles. The number of nitrogen functional groups attached to an aromatic ring is 1. The van der Waals surface area contributed by atoms with Crippen LogP contribution in [0, 0.1) is 5.82 Å². The Morgan fingerprint density at radius 3 is 2.81 bits per heavy atom. The summed E-state index contributed by atoms with van der Waals surface area (Å²) in [5.41, 5.74) is 7.93. The number of hydrogen-bond donors (Lipinski definition) is 1. The van der Waals surface area contributed by atoms with E-state index in [-0.39, 0.29) is 24.8 Å². The molecule has 2 aromatic rings. The molecule has 5 heteroatoms. The van der Waals surface area contributed by atoms with E-state index in [4.69, 9.17) is 10.5 Å². The van der Waals surface area contributed by atoms with Crippen molar-refractivity contribution in [1.82, 2.24) is 0 Å². The van der Waals surface area contributed by atoms with Crippen molar-refractivity contribution in [2.75, 3.05) is 5.73 Å². The maximum Gasteiger partial charge on any atom is 0.306 e. The topological polar surface area (TPSA) is 52.3 Å². The molecule has 110 valence electrons. The van der Waals surface area contributed by atoms with Gasteiger partial charge in [-0.05, 0) is 42.3 Å². The molecule has 3 nitrogen and oxygen atoms in total. The van der Waals surface area contributed by atoms with Crippen molar-refractivity contribution < 1.29 is 13.9 Å². The van der Waals surface area contributed by atoms with Crippen LogP contribution in [0.5, 0.6) is 0 Å². The predicted molar refractivity (Wildman–Crippen MR) is 83.1 cm³/mol. The minimum absolute atomic E-state index is 0.0497. The zero-order valence-electron chi connectivity index (χ0n) is 11.3. The van der Waals surface area contributed by atoms with E-state index in [9.17, 15) is 9.18 Å². The summed E-state index contributed by atoms with van der Waals surface area (Å²) in [5, 5.41) is 0. The summed E-state index contributed by atoms with van der Waals surface area (Å²) in [5.74, 6) is -0.683. The zero-order chi connectivity index (χ0) is 15.2. The van der Waals surface area contributed by atoms with Crippen LogP contribution in [0.3, 0.4) is 0 Å². The highest BCUT2D eigenvalue weighted by Crippen LogP contribution is 2.19. The second kappa shape index (κ2) is 7.22. The van der Waals surface area contributed by atoms with Crippen LogP contribution in [-0.2, 0) is 22.6 Å². The fourth-order valence-electron chi connectivity index (χ4n) is 1.88. The van der Waals surface area contributed by atoms with Crippen molar-refractivity contribution in [2.45, 2.75) is 19.4 Å². The predicted octanol–water partition coefficient (Wildman–Crippen LogP) is 3.85. The maximum absolute atomic E-state index is 13.1. The number of carbonyl (C=O) groups is 1. The quantitative estimate of drug-likeness (QED) is 0.657. The second-order valence-electron chi connectivity index (χ2n) is 4.64. The highest BCUT2D eigenvalue weighted by atomic mass is 79.9. The summed E-state index contributed by atoms with van der Waals surface area (Å²) < 4.78 is 19.0. The van der Waals surface area contributed by atoms with Crippen molar-refractivity contribution >= 4 is 27.6 Å². The highest BCUT2D eigenvalue weighted by molar-refractivity contribution is 9.10. The number of rotatable bonds is 5. The van der Waals surface area contributed by atoms with Gasteiger partial charge in [0.05, 0.1) is 0 Å². The Morgan fingerprint density at radius 1 is 1.24 bits per heavy atom. The van der Waals surface area contributed by atoms with Crippen LogP contribution >= 0.6 is 15.9 Å². The van der Waals surface area contributed by atoms with E-state index < -0.39 is 0 Å². The fraction of sp³-hybridized carbons (Fsp3) is 0.188. The number of hydrogen-bond acceptors (Lipinski definition) is 3. The summed E-state index contributed by atoms with van der Waals surface area (Å²) in [6, 6.07) is 11.7. The van der Waals surface area contributed by atoms with E-state index in [1.54, 1.807) is 12.1 Å². The van der Waals surface area contributed by atoms with Gasteiger partial charge >= 0.3 is 5.97 Å². The maximum atomic E-state index is 13.1. The Bertz CT molecular complexity index is 646. The zero-order valence-corrected chi connectivity index (χ0v) is 12.9. The largest absolute Gasteiger partial charge is 0.461 e. The summed E-state index contributed by atoms with van der Waals surface area (Å²) in [6.07, 6.45) is 0.824. The van der Waals surface area contributed by atoms with Crippen LogP contribution in [0.4, 0.5) is 10.1 Å². The first kappa shape index (κ1) is 15.5. The van der Waals surface area contributed by atoms with Crippen LogP contribution < -0.4 is 5.73 Å². The smallest absolute Gasteiger partial charge is 0.306 e. The first-order valence-corrected chi connectivity index (χ1v) is 7.28. The molecule has 21 heavy (non-hydrogen) atoms. The SMILES string of the molecule is Nc1cccc(CCC(=O)OCc2cc(F)ccc2Br)c1. The lowest BCUT2D eigenvalue weighted by Gasteiger charge is -2.07. The molecular formula is C16H15BrFNO2. The lowest BCUT2D eigenvalue weighted by molar-refractivity contribution is -0.144. The van der Waals surface area contributed by atoms with Crippen molar-refractivity contribution in [3.63, 3.8) is 0 Å². The molecule has 0 spiro atoms. The van der Waals surface area contributed by atoms with E-state index in [2.05, 4.69) is 15.9 Å². The fourth-order valence-corrected chi connectivity index (χ4v) is 2.24. The molecule has 2 aromatic carbocycles. The van der Waals surface area contributed by atoms with Gasteiger partial charge in [0.1, 0.15) is 12.4 Å². The molecule has 2 rings (SSSR count). The van der Waals surface area contributed by atoms with E-state index in [0.29, 0.717) is 22.1 Å². The van der Waals surface area contributed by atoms with Crippen molar-refractivity contribution in [3.8, 4) is 0 Å². The molecule has 0 fully saturated rings. The number of carbonyl (C=O) groups excluding carboxylic acids is 1. The molecular weight excluding hydrogens is 337 g/mol. The van der Waals surface area contributed by atoms with Gasteiger partial charge in [-0.3, -0.25) is 4.79 Å². The van der Waals surface area contributed by atoms with Gasteiger partial charge in [-0.25, -0.2) is 4.39 Å². The molecule has 0 aromatic heterocycles. The van der Waals surface area contributed by atoms with Gasteiger partial charge < -0.3 is 10.5 Å². The molecule has 0 aliphatic carbocycles. The van der Waals surface area contributed by atoms with Gasteiger partial charge in [0.15, 0.2) is 0 Å². The monoisotopic (exact) mass is 351 g/mol. The molecule has 0 radical (unpaired) electrons. The van der Waals surface area contributed by atoms with Gasteiger partial charge in [0.25, 0.3) is 0 Å². The third kappa shape index (κ3) is 4.86. The molecule has 0 amide bonds. The summed E-state index contributed by atoms with van der Waals surface area (Å²) in [7, 11) is 0. The van der Waals surface area contributed by atoms with Gasteiger partial charge in [-0.2, -0.15) is 0 Å². The Balaban J connectivity index is 1.83. The number of benzene rings is 2. The van der Waals surface area contributed by atoms with Crippen LogP contribution in [-0.4, -0.2) is 5.97 Å². The first-order chi connectivity index (χ1) is 10.0. The summed E-state index contributed by atoms with van der Waals surface area (Å²) in [6.45, 7) is 0.0497. The molecule has 0 bridgehead atoms. The number of esters is 1. The molecule has 0 heterocycles. The number of aryl methyl sites for hydroxylation is 1. The van der Waals surface area contributed by atoms with Crippen molar-refractivity contribution in [3.05, 3.63) is 63.9 Å². The molecule has 0 aliphatic rings. The number of ether oxygens (including phenoxy) is 1. The molecule has 2 N–H and O–H groups in total. The number of nitrogens with two attached hydrogens (primary N) is 1. The molecule has 0 aliphatic heterocycles.